The molecule has 0 saturated heterocycles. The van der Waals surface area contributed by atoms with E-state index >= 15 is 0 Å². The molecule has 110 valence electrons. The average Bonchev–Trinajstić information content (AvgIpc) is 2.75. The van der Waals surface area contributed by atoms with Gasteiger partial charge < -0.3 is 15.7 Å². The van der Waals surface area contributed by atoms with Crippen molar-refractivity contribution in [1.82, 2.24) is 10.6 Å². The van der Waals surface area contributed by atoms with Crippen LogP contribution in [0.5, 0.6) is 0 Å². The smallest absolute Gasteiger partial charge is 0.315 e. The van der Waals surface area contributed by atoms with Crippen LogP contribution in [0.4, 0.5) is 4.79 Å². The number of carboxylic acid groups (broad SMARTS) is 1. The number of carbonyl (C=O) groups is 2. The summed E-state index contributed by atoms with van der Waals surface area (Å²) in [4.78, 5) is 22.6. The Kier molecular flexibility index (Phi) is 5.20. The van der Waals surface area contributed by atoms with Crippen molar-refractivity contribution in [1.29, 1.82) is 0 Å². The third kappa shape index (κ3) is 4.73. The highest BCUT2D eigenvalue weighted by Crippen LogP contribution is 2.26. The standard InChI is InChI=1S/C14H26N2O3/c1-9(2)14(3,4)8-15-13(19)16-11-6-5-10(7-11)12(17)18/h9-11H,5-8H2,1-4H3,(H,17,18)(H2,15,16,19). The van der Waals surface area contributed by atoms with Crippen molar-refractivity contribution >= 4 is 12.0 Å². The van der Waals surface area contributed by atoms with E-state index in [0.29, 0.717) is 25.3 Å². The molecular formula is C14H26N2O3. The Labute approximate surface area is 115 Å². The maximum absolute atomic E-state index is 11.8. The summed E-state index contributed by atoms with van der Waals surface area (Å²) in [5, 5.41) is 14.6. The zero-order valence-corrected chi connectivity index (χ0v) is 12.3. The quantitative estimate of drug-likeness (QED) is 0.716. The molecule has 2 unspecified atom stereocenters. The first-order valence-electron chi connectivity index (χ1n) is 6.99. The van der Waals surface area contributed by atoms with E-state index in [9.17, 15) is 9.59 Å². The topological polar surface area (TPSA) is 78.4 Å². The van der Waals surface area contributed by atoms with Crippen LogP contribution in [-0.2, 0) is 4.79 Å². The van der Waals surface area contributed by atoms with Gasteiger partial charge in [-0.15, -0.1) is 0 Å². The Morgan fingerprint density at radius 3 is 2.42 bits per heavy atom. The number of hydrogen-bond donors (Lipinski definition) is 3. The maximum atomic E-state index is 11.8. The van der Waals surface area contributed by atoms with Gasteiger partial charge in [0.25, 0.3) is 0 Å². The molecule has 3 N–H and O–H groups in total. The van der Waals surface area contributed by atoms with Gasteiger partial charge in [0.1, 0.15) is 0 Å². The molecule has 0 aliphatic heterocycles. The van der Waals surface area contributed by atoms with Gasteiger partial charge >= 0.3 is 12.0 Å². The molecule has 5 nitrogen and oxygen atoms in total. The fourth-order valence-electron chi connectivity index (χ4n) is 2.09. The Morgan fingerprint density at radius 1 is 1.32 bits per heavy atom. The molecule has 1 aliphatic rings. The van der Waals surface area contributed by atoms with Crippen LogP contribution in [0, 0.1) is 17.3 Å². The lowest BCUT2D eigenvalue weighted by Crippen LogP contribution is -2.45. The van der Waals surface area contributed by atoms with Gasteiger partial charge in [-0.2, -0.15) is 0 Å². The van der Waals surface area contributed by atoms with Crippen molar-refractivity contribution in [3.05, 3.63) is 0 Å². The van der Waals surface area contributed by atoms with Gasteiger partial charge in [0.2, 0.25) is 0 Å². The van der Waals surface area contributed by atoms with E-state index in [2.05, 4.69) is 38.3 Å². The SMILES string of the molecule is CC(C)C(C)(C)CNC(=O)NC1CCC(C(=O)O)C1. The molecule has 0 spiro atoms. The second-order valence-electron chi connectivity index (χ2n) is 6.52. The Balaban J connectivity index is 2.31. The molecule has 1 saturated carbocycles. The second kappa shape index (κ2) is 6.26. The molecule has 19 heavy (non-hydrogen) atoms. The van der Waals surface area contributed by atoms with Gasteiger partial charge in [0.05, 0.1) is 5.92 Å². The van der Waals surface area contributed by atoms with E-state index in [-0.39, 0.29) is 23.4 Å². The normalized spacial score (nSPS) is 23.4. The molecule has 1 aliphatic carbocycles. The van der Waals surface area contributed by atoms with Gasteiger partial charge in [-0.1, -0.05) is 27.7 Å². The van der Waals surface area contributed by atoms with Crippen molar-refractivity contribution in [2.24, 2.45) is 17.3 Å². The molecule has 2 atom stereocenters. The number of hydrogen-bond acceptors (Lipinski definition) is 2. The first-order chi connectivity index (χ1) is 8.72. The van der Waals surface area contributed by atoms with E-state index in [4.69, 9.17) is 5.11 Å². The summed E-state index contributed by atoms with van der Waals surface area (Å²) in [6, 6.07) is -0.201. The summed E-state index contributed by atoms with van der Waals surface area (Å²) in [5.41, 5.74) is 0.0522. The molecule has 0 aromatic carbocycles. The van der Waals surface area contributed by atoms with Crippen molar-refractivity contribution in [2.75, 3.05) is 6.54 Å². The minimum atomic E-state index is -0.759. The van der Waals surface area contributed by atoms with Gasteiger partial charge in [0, 0.05) is 12.6 Å². The third-order valence-electron chi connectivity index (χ3n) is 4.38. The fraction of sp³-hybridized carbons (Fsp3) is 0.857. The summed E-state index contributed by atoms with van der Waals surface area (Å²) in [5.74, 6) is -0.585. The monoisotopic (exact) mass is 270 g/mol. The summed E-state index contributed by atoms with van der Waals surface area (Å²) in [7, 11) is 0. The lowest BCUT2D eigenvalue weighted by atomic mass is 9.81. The Bertz CT molecular complexity index is 340. The zero-order chi connectivity index (χ0) is 14.6. The highest BCUT2D eigenvalue weighted by molar-refractivity contribution is 5.75. The number of rotatable bonds is 5. The third-order valence-corrected chi connectivity index (χ3v) is 4.38. The molecule has 2 amide bonds. The van der Waals surface area contributed by atoms with Crippen LogP contribution in [0.3, 0.4) is 0 Å². The lowest BCUT2D eigenvalue weighted by molar-refractivity contribution is -0.141. The molecule has 0 radical (unpaired) electrons. The van der Waals surface area contributed by atoms with Crippen LogP contribution in [0.2, 0.25) is 0 Å². The van der Waals surface area contributed by atoms with Crippen molar-refractivity contribution in [2.45, 2.75) is 53.0 Å². The van der Waals surface area contributed by atoms with Gasteiger partial charge in [-0.05, 0) is 30.6 Å². The van der Waals surface area contributed by atoms with E-state index in [1.807, 2.05) is 0 Å². The minimum Gasteiger partial charge on any atom is -0.481 e. The molecule has 0 heterocycles. The molecule has 1 fully saturated rings. The van der Waals surface area contributed by atoms with Crippen molar-refractivity contribution < 1.29 is 14.7 Å². The maximum Gasteiger partial charge on any atom is 0.315 e. The summed E-state index contributed by atoms with van der Waals surface area (Å²) in [6.45, 7) is 9.12. The molecular weight excluding hydrogens is 244 g/mol. The van der Waals surface area contributed by atoms with Crippen molar-refractivity contribution in [3.63, 3.8) is 0 Å². The number of carboxylic acids is 1. The zero-order valence-electron chi connectivity index (χ0n) is 12.3. The van der Waals surface area contributed by atoms with Crippen molar-refractivity contribution in [3.8, 4) is 0 Å². The number of carbonyl (C=O) groups excluding carboxylic acids is 1. The van der Waals surface area contributed by atoms with Crippen LogP contribution >= 0.6 is 0 Å². The Hall–Kier alpha value is -1.26. The molecule has 0 aromatic rings. The number of aliphatic carboxylic acids is 1. The van der Waals surface area contributed by atoms with Crippen LogP contribution < -0.4 is 10.6 Å². The summed E-state index contributed by atoms with van der Waals surface area (Å²) in [6.07, 6.45) is 1.94. The molecule has 1 rings (SSSR count). The number of urea groups is 1. The Morgan fingerprint density at radius 2 is 1.95 bits per heavy atom. The molecule has 5 heteroatoms. The van der Waals surface area contributed by atoms with Gasteiger partial charge in [0.15, 0.2) is 0 Å². The van der Waals surface area contributed by atoms with E-state index in [1.165, 1.54) is 0 Å². The van der Waals surface area contributed by atoms with Crippen LogP contribution in [0.1, 0.15) is 47.0 Å². The predicted molar refractivity (Wildman–Crippen MR) is 73.9 cm³/mol. The van der Waals surface area contributed by atoms with Gasteiger partial charge in [-0.25, -0.2) is 4.79 Å². The van der Waals surface area contributed by atoms with Gasteiger partial charge in [-0.3, -0.25) is 4.79 Å². The first-order valence-corrected chi connectivity index (χ1v) is 6.99. The highest BCUT2D eigenvalue weighted by Gasteiger charge is 2.31. The summed E-state index contributed by atoms with van der Waals surface area (Å²) < 4.78 is 0. The predicted octanol–water partition coefficient (Wildman–Crippen LogP) is 2.22. The minimum absolute atomic E-state index is 0.0109. The second-order valence-corrected chi connectivity index (χ2v) is 6.52. The highest BCUT2D eigenvalue weighted by atomic mass is 16.4. The number of amides is 2. The summed E-state index contributed by atoms with van der Waals surface area (Å²) >= 11 is 0. The lowest BCUT2D eigenvalue weighted by Gasteiger charge is -2.29. The van der Waals surface area contributed by atoms with E-state index in [0.717, 1.165) is 6.42 Å². The average molecular weight is 270 g/mol. The van der Waals surface area contributed by atoms with E-state index < -0.39 is 5.97 Å². The van der Waals surface area contributed by atoms with Crippen LogP contribution in [-0.4, -0.2) is 29.7 Å². The largest absolute Gasteiger partial charge is 0.481 e. The van der Waals surface area contributed by atoms with Crippen LogP contribution in [0.15, 0.2) is 0 Å². The fourth-order valence-corrected chi connectivity index (χ4v) is 2.09. The first kappa shape index (κ1) is 15.8. The van der Waals surface area contributed by atoms with E-state index in [1.54, 1.807) is 0 Å². The number of nitrogens with one attached hydrogen (secondary N) is 2. The molecule has 0 aromatic heterocycles. The molecule has 0 bridgehead atoms. The van der Waals surface area contributed by atoms with Crippen LogP contribution in [0.25, 0.3) is 0 Å².